The molecule has 0 saturated heterocycles. The van der Waals surface area contributed by atoms with Crippen LogP contribution >= 0.6 is 0 Å². The van der Waals surface area contributed by atoms with Gasteiger partial charge >= 0.3 is 0 Å². The van der Waals surface area contributed by atoms with E-state index >= 15 is 0 Å². The van der Waals surface area contributed by atoms with Crippen LogP contribution in [0.1, 0.15) is 79.0 Å². The predicted octanol–water partition coefficient (Wildman–Crippen LogP) is 9.61. The first kappa shape index (κ1) is 30.9. The van der Waals surface area contributed by atoms with Gasteiger partial charge in [0.05, 0.1) is 6.26 Å². The van der Waals surface area contributed by atoms with Crippen LogP contribution in [-0.4, -0.2) is 4.98 Å². The molecule has 0 saturated carbocycles. The molecule has 0 aliphatic rings. The highest BCUT2D eigenvalue weighted by atomic mass is 16.3. The Morgan fingerprint density at radius 2 is 1.14 bits per heavy atom. The van der Waals surface area contributed by atoms with Crippen LogP contribution in [0.3, 0.4) is 0 Å². The van der Waals surface area contributed by atoms with Crippen molar-refractivity contribution in [3.63, 3.8) is 0 Å². The third kappa shape index (κ3) is 11.5. The molecule has 36 heavy (non-hydrogen) atoms. The Kier molecular flexibility index (Phi) is 15.6. The number of aryl methyl sites for hydroxylation is 8. The molecule has 0 amide bonds. The fourth-order valence-corrected chi connectivity index (χ4v) is 3.82. The minimum atomic E-state index is 0.999. The molecule has 0 bridgehead atoms. The normalized spacial score (nSPS) is 9.67. The van der Waals surface area contributed by atoms with E-state index in [1.165, 1.54) is 46.2 Å². The first-order valence-corrected chi connectivity index (χ1v) is 13.4. The summed E-state index contributed by atoms with van der Waals surface area (Å²) in [6.45, 7) is 17.1. The molecule has 0 radical (unpaired) electrons. The molecule has 0 N–H and O–H groups in total. The van der Waals surface area contributed by atoms with Gasteiger partial charge in [-0.25, -0.2) is 0 Å². The number of rotatable bonds is 5. The number of benzene rings is 2. The van der Waals surface area contributed by atoms with Crippen LogP contribution in [0.2, 0.25) is 0 Å². The summed E-state index contributed by atoms with van der Waals surface area (Å²) in [5.41, 5.74) is 9.52. The summed E-state index contributed by atoms with van der Waals surface area (Å²) in [5, 5.41) is 0. The van der Waals surface area contributed by atoms with E-state index in [-0.39, 0.29) is 0 Å². The first-order chi connectivity index (χ1) is 17.4. The van der Waals surface area contributed by atoms with E-state index < -0.39 is 0 Å². The van der Waals surface area contributed by atoms with Crippen LogP contribution in [-0.2, 0) is 25.7 Å². The van der Waals surface area contributed by atoms with Crippen LogP contribution in [0.5, 0.6) is 0 Å². The largest absolute Gasteiger partial charge is 0.469 e. The Hall–Kier alpha value is -3.13. The Bertz CT molecular complexity index is 1060. The monoisotopic (exact) mass is 485 g/mol. The lowest BCUT2D eigenvalue weighted by Crippen LogP contribution is -1.87. The van der Waals surface area contributed by atoms with Crippen molar-refractivity contribution in [2.24, 2.45) is 0 Å². The van der Waals surface area contributed by atoms with Crippen molar-refractivity contribution in [1.29, 1.82) is 0 Å². The first-order valence-electron chi connectivity index (χ1n) is 13.4. The van der Waals surface area contributed by atoms with Crippen molar-refractivity contribution in [1.82, 2.24) is 4.98 Å². The molecule has 0 spiro atoms. The molecule has 2 heterocycles. The maximum absolute atomic E-state index is 5.11. The van der Waals surface area contributed by atoms with Crippen molar-refractivity contribution in [3.05, 3.63) is 124 Å². The van der Waals surface area contributed by atoms with E-state index in [4.69, 9.17) is 4.42 Å². The van der Waals surface area contributed by atoms with E-state index in [9.17, 15) is 0 Å². The Labute approximate surface area is 220 Å². The van der Waals surface area contributed by atoms with E-state index in [1.807, 2.05) is 25.3 Å². The number of furan rings is 1. The van der Waals surface area contributed by atoms with E-state index in [0.717, 1.165) is 30.7 Å². The molecule has 194 valence electrons. The maximum atomic E-state index is 5.11. The van der Waals surface area contributed by atoms with Gasteiger partial charge in [0.15, 0.2) is 0 Å². The molecule has 2 aromatic heterocycles. The van der Waals surface area contributed by atoms with Crippen molar-refractivity contribution < 1.29 is 4.42 Å². The topological polar surface area (TPSA) is 26.0 Å². The molecule has 0 aliphatic carbocycles. The molecule has 0 aliphatic heterocycles. The van der Waals surface area contributed by atoms with Gasteiger partial charge in [0.25, 0.3) is 0 Å². The number of hydrogen-bond donors (Lipinski definition) is 0. The molecule has 4 aromatic rings. The summed E-state index contributed by atoms with van der Waals surface area (Å²) in [4.78, 5) is 4.15. The molecular weight excluding hydrogens is 438 g/mol. The second-order valence-electron chi connectivity index (χ2n) is 8.94. The average Bonchev–Trinajstić information content (AvgIpc) is 3.32. The molecule has 2 aromatic carbocycles. The van der Waals surface area contributed by atoms with Crippen molar-refractivity contribution in [2.45, 2.75) is 87.5 Å². The number of nitrogens with zero attached hydrogens (tertiary/aromatic N) is 1. The highest BCUT2D eigenvalue weighted by Gasteiger charge is 1.95. The summed E-state index contributed by atoms with van der Waals surface area (Å²) >= 11 is 0. The molecule has 2 heteroatoms. The molecule has 4 rings (SSSR count). The average molecular weight is 486 g/mol. The summed E-state index contributed by atoms with van der Waals surface area (Å²) < 4.78 is 5.11. The molecular formula is C34H47NO. The highest BCUT2D eigenvalue weighted by molar-refractivity contribution is 5.26. The zero-order valence-electron chi connectivity index (χ0n) is 23.9. The molecule has 0 atom stereocenters. The smallest absolute Gasteiger partial charge is 0.106 e. The van der Waals surface area contributed by atoms with Crippen molar-refractivity contribution >= 4 is 0 Å². The minimum absolute atomic E-state index is 0.999. The van der Waals surface area contributed by atoms with Crippen LogP contribution in [0, 0.1) is 27.7 Å². The zero-order chi connectivity index (χ0) is 26.8. The number of hydrogen-bond acceptors (Lipinski definition) is 2. The van der Waals surface area contributed by atoms with Gasteiger partial charge in [-0.05, 0) is 92.5 Å². The highest BCUT2D eigenvalue weighted by Crippen LogP contribution is 2.09. The zero-order valence-corrected chi connectivity index (χ0v) is 23.9. The number of pyridine rings is 1. The summed E-state index contributed by atoms with van der Waals surface area (Å²) in [5.74, 6) is 1.10. The van der Waals surface area contributed by atoms with Gasteiger partial charge in [0.2, 0.25) is 0 Å². The second-order valence-corrected chi connectivity index (χ2v) is 8.94. The van der Waals surface area contributed by atoms with Gasteiger partial charge in [-0.3, -0.25) is 4.98 Å². The van der Waals surface area contributed by atoms with Crippen molar-refractivity contribution in [3.8, 4) is 0 Å². The molecule has 0 fully saturated rings. The van der Waals surface area contributed by atoms with Crippen LogP contribution in [0.4, 0.5) is 0 Å². The molecule has 2 nitrogen and oxygen atoms in total. The van der Waals surface area contributed by atoms with Crippen LogP contribution < -0.4 is 0 Å². The maximum Gasteiger partial charge on any atom is 0.106 e. The van der Waals surface area contributed by atoms with Gasteiger partial charge in [-0.2, -0.15) is 0 Å². The van der Waals surface area contributed by atoms with E-state index in [2.05, 4.69) is 108 Å². The van der Waals surface area contributed by atoms with Crippen molar-refractivity contribution in [2.75, 3.05) is 0 Å². The lowest BCUT2D eigenvalue weighted by atomic mass is 10.1. The SMILES string of the molecule is CCCc1ccccc1C.CCc1ccccc1C.CCc1cccnc1C.CCc1occc1C. The van der Waals surface area contributed by atoms with Crippen LogP contribution in [0.25, 0.3) is 0 Å². The fourth-order valence-electron chi connectivity index (χ4n) is 3.82. The summed E-state index contributed by atoms with van der Waals surface area (Å²) in [7, 11) is 0. The minimum Gasteiger partial charge on any atom is -0.469 e. The second kappa shape index (κ2) is 18.2. The van der Waals surface area contributed by atoms with Gasteiger partial charge in [0.1, 0.15) is 5.76 Å². The standard InChI is InChI=1S/C10H14.C9H12.C8H11N.C7H10O/c1-3-6-10-8-5-4-7-9(10)2;1-3-9-7-5-4-6-8(9)2;1-3-8-5-4-6-9-7(8)2;1-3-7-6(2)4-5-8-7/h4-5,7-8H,3,6H2,1-2H3;4-7H,3H2,1-2H3;4-6H,3H2,1-2H3;4-5H,3H2,1-2H3. The third-order valence-corrected chi connectivity index (χ3v) is 6.21. The Morgan fingerprint density at radius 1 is 0.583 bits per heavy atom. The van der Waals surface area contributed by atoms with E-state index in [0.29, 0.717) is 0 Å². The summed E-state index contributed by atoms with van der Waals surface area (Å²) in [6.07, 6.45) is 9.24. The van der Waals surface area contributed by atoms with Gasteiger partial charge in [-0.15, -0.1) is 0 Å². The third-order valence-electron chi connectivity index (χ3n) is 6.21. The lowest BCUT2D eigenvalue weighted by Gasteiger charge is -2.01. The summed E-state index contributed by atoms with van der Waals surface area (Å²) in [6, 6.07) is 23.2. The van der Waals surface area contributed by atoms with Gasteiger partial charge in [-0.1, -0.05) is 88.7 Å². The van der Waals surface area contributed by atoms with Gasteiger partial charge in [0, 0.05) is 18.3 Å². The van der Waals surface area contributed by atoms with E-state index in [1.54, 1.807) is 6.26 Å². The van der Waals surface area contributed by atoms with Crippen LogP contribution in [0.15, 0.2) is 83.6 Å². The lowest BCUT2D eigenvalue weighted by molar-refractivity contribution is 0.513. The van der Waals surface area contributed by atoms with Gasteiger partial charge < -0.3 is 4.42 Å². The molecule has 0 unspecified atom stereocenters. The Morgan fingerprint density at radius 3 is 1.50 bits per heavy atom. The predicted molar refractivity (Wildman–Crippen MR) is 157 cm³/mol. The quantitative estimate of drug-likeness (QED) is 0.281. The fraction of sp³-hybridized carbons (Fsp3) is 0.382. The number of aromatic nitrogens is 1. The Balaban J connectivity index is 0.000000241.